The van der Waals surface area contributed by atoms with Crippen molar-refractivity contribution in [2.24, 2.45) is 0 Å². The predicted octanol–water partition coefficient (Wildman–Crippen LogP) is 3.14. The molecule has 3 aromatic rings. The van der Waals surface area contributed by atoms with Crippen LogP contribution in [-0.4, -0.2) is 35.1 Å². The maximum Gasteiger partial charge on any atom is 0.207 e. The second-order valence-electron chi connectivity index (χ2n) is 4.37. The molecule has 0 atom stereocenters. The molecule has 0 N–H and O–H groups in total. The highest BCUT2D eigenvalue weighted by atomic mass is 32.2. The molecular formula is C15H15N3O2S. The van der Waals surface area contributed by atoms with Gasteiger partial charge < -0.3 is 9.47 Å². The molecular weight excluding hydrogens is 286 g/mol. The Kier molecular flexibility index (Phi) is 3.70. The van der Waals surface area contributed by atoms with Gasteiger partial charge in [0.15, 0.2) is 0 Å². The average molecular weight is 301 g/mol. The van der Waals surface area contributed by atoms with Gasteiger partial charge in [0.1, 0.15) is 11.5 Å². The summed E-state index contributed by atoms with van der Waals surface area (Å²) in [5.74, 6) is 1.51. The molecule has 0 saturated heterocycles. The Morgan fingerprint density at radius 1 is 1.10 bits per heavy atom. The summed E-state index contributed by atoms with van der Waals surface area (Å²) >= 11 is 1.51. The first-order valence-corrected chi connectivity index (χ1v) is 7.60. The van der Waals surface area contributed by atoms with E-state index in [1.165, 1.54) is 11.8 Å². The van der Waals surface area contributed by atoms with Gasteiger partial charge in [0.05, 0.1) is 31.6 Å². The van der Waals surface area contributed by atoms with Crippen molar-refractivity contribution in [3.8, 4) is 22.8 Å². The Hall–Kier alpha value is -2.21. The number of methoxy groups -OCH3 is 2. The fraction of sp³-hybridized carbons (Fsp3) is 0.200. The fourth-order valence-electron chi connectivity index (χ4n) is 2.19. The van der Waals surface area contributed by atoms with Gasteiger partial charge in [-0.15, -0.1) is 5.10 Å². The molecule has 108 valence electrons. The van der Waals surface area contributed by atoms with Gasteiger partial charge in [-0.2, -0.15) is 0 Å². The summed E-state index contributed by atoms with van der Waals surface area (Å²) in [6.07, 6.45) is 3.77. The van der Waals surface area contributed by atoms with Gasteiger partial charge in [-0.3, -0.25) is 0 Å². The van der Waals surface area contributed by atoms with E-state index in [-0.39, 0.29) is 0 Å². The van der Waals surface area contributed by atoms with Gasteiger partial charge >= 0.3 is 0 Å². The van der Waals surface area contributed by atoms with Crippen molar-refractivity contribution >= 4 is 17.3 Å². The number of hydrogen-bond donors (Lipinski definition) is 0. The lowest BCUT2D eigenvalue weighted by Crippen LogP contribution is -1.99. The Labute approximate surface area is 126 Å². The summed E-state index contributed by atoms with van der Waals surface area (Å²) in [5.41, 5.74) is 2.87. The summed E-state index contributed by atoms with van der Waals surface area (Å²) in [6, 6.07) is 9.75. The molecule has 6 heteroatoms. The first-order chi connectivity index (χ1) is 10.3. The number of hydrogen-bond acceptors (Lipinski definition) is 5. The van der Waals surface area contributed by atoms with Crippen molar-refractivity contribution in [2.75, 3.05) is 20.5 Å². The number of ether oxygens (including phenoxy) is 2. The number of thioether (sulfide) groups is 1. The van der Waals surface area contributed by atoms with E-state index < -0.39 is 0 Å². The molecule has 0 aliphatic rings. The van der Waals surface area contributed by atoms with Crippen LogP contribution in [0.1, 0.15) is 0 Å². The minimum Gasteiger partial charge on any atom is -0.497 e. The van der Waals surface area contributed by atoms with Gasteiger partial charge in [0.25, 0.3) is 0 Å². The van der Waals surface area contributed by atoms with Crippen LogP contribution in [0.4, 0.5) is 0 Å². The highest BCUT2D eigenvalue weighted by molar-refractivity contribution is 7.98. The van der Waals surface area contributed by atoms with Gasteiger partial charge in [-0.05, 0) is 30.5 Å². The molecule has 21 heavy (non-hydrogen) atoms. The molecule has 0 bridgehead atoms. The quantitative estimate of drug-likeness (QED) is 0.693. The summed E-state index contributed by atoms with van der Waals surface area (Å²) in [7, 11) is 3.29. The SMILES string of the molecule is COc1ccc(-c2ccc3cnc(SC)nn23)c(OC)c1. The van der Waals surface area contributed by atoms with E-state index in [4.69, 9.17) is 9.47 Å². The highest BCUT2D eigenvalue weighted by Crippen LogP contribution is 2.34. The fourth-order valence-corrected chi connectivity index (χ4v) is 2.52. The van der Waals surface area contributed by atoms with Crippen molar-refractivity contribution in [3.63, 3.8) is 0 Å². The van der Waals surface area contributed by atoms with E-state index in [0.29, 0.717) is 0 Å². The minimum absolute atomic E-state index is 0.729. The van der Waals surface area contributed by atoms with Gasteiger partial charge in [-0.25, -0.2) is 9.50 Å². The van der Waals surface area contributed by atoms with Crippen molar-refractivity contribution in [1.82, 2.24) is 14.6 Å². The lowest BCUT2D eigenvalue weighted by Gasteiger charge is -2.10. The van der Waals surface area contributed by atoms with E-state index in [2.05, 4.69) is 10.1 Å². The Bertz CT molecular complexity index is 786. The molecule has 2 aromatic heterocycles. The average Bonchev–Trinajstić information content (AvgIpc) is 2.96. The largest absolute Gasteiger partial charge is 0.497 e. The molecule has 2 heterocycles. The number of nitrogens with zero attached hydrogens (tertiary/aromatic N) is 3. The molecule has 0 fully saturated rings. The number of fused-ring (bicyclic) bond motifs is 1. The lowest BCUT2D eigenvalue weighted by molar-refractivity contribution is 0.395. The summed E-state index contributed by atoms with van der Waals surface area (Å²) < 4.78 is 12.6. The third-order valence-corrected chi connectivity index (χ3v) is 3.80. The second-order valence-corrected chi connectivity index (χ2v) is 5.14. The molecule has 0 spiro atoms. The molecule has 1 aromatic carbocycles. The molecule has 0 amide bonds. The van der Waals surface area contributed by atoms with Gasteiger partial charge in [0, 0.05) is 11.6 Å². The van der Waals surface area contributed by atoms with Crippen molar-refractivity contribution in [2.45, 2.75) is 5.16 Å². The monoisotopic (exact) mass is 301 g/mol. The van der Waals surface area contributed by atoms with E-state index >= 15 is 0 Å². The third-order valence-electron chi connectivity index (χ3n) is 3.24. The van der Waals surface area contributed by atoms with E-state index in [1.807, 2.05) is 47.3 Å². The third kappa shape index (κ3) is 2.42. The first-order valence-electron chi connectivity index (χ1n) is 6.38. The van der Waals surface area contributed by atoms with Crippen LogP contribution in [0.25, 0.3) is 16.8 Å². The predicted molar refractivity (Wildman–Crippen MR) is 83.3 cm³/mol. The number of benzene rings is 1. The van der Waals surface area contributed by atoms with E-state index in [1.54, 1.807) is 14.2 Å². The Morgan fingerprint density at radius 3 is 2.67 bits per heavy atom. The smallest absolute Gasteiger partial charge is 0.207 e. The number of rotatable bonds is 4. The van der Waals surface area contributed by atoms with Crippen LogP contribution >= 0.6 is 11.8 Å². The maximum absolute atomic E-state index is 5.48. The molecule has 0 aliphatic heterocycles. The topological polar surface area (TPSA) is 48.7 Å². The molecule has 5 nitrogen and oxygen atoms in total. The zero-order chi connectivity index (χ0) is 14.8. The van der Waals surface area contributed by atoms with Gasteiger partial charge in [-0.1, -0.05) is 11.8 Å². The van der Waals surface area contributed by atoms with Crippen LogP contribution in [0.5, 0.6) is 11.5 Å². The zero-order valence-corrected chi connectivity index (χ0v) is 12.8. The van der Waals surface area contributed by atoms with Crippen LogP contribution in [0.2, 0.25) is 0 Å². The summed E-state index contributed by atoms with van der Waals surface area (Å²) in [4.78, 5) is 4.28. The van der Waals surface area contributed by atoms with Crippen LogP contribution < -0.4 is 9.47 Å². The maximum atomic E-state index is 5.48. The van der Waals surface area contributed by atoms with Crippen LogP contribution in [0.15, 0.2) is 41.7 Å². The zero-order valence-electron chi connectivity index (χ0n) is 12.0. The second kappa shape index (κ2) is 5.65. The molecule has 3 rings (SSSR count). The minimum atomic E-state index is 0.729. The lowest BCUT2D eigenvalue weighted by atomic mass is 10.1. The van der Waals surface area contributed by atoms with Crippen LogP contribution in [0.3, 0.4) is 0 Å². The Balaban J connectivity index is 2.20. The van der Waals surface area contributed by atoms with Crippen molar-refractivity contribution < 1.29 is 9.47 Å². The first kappa shape index (κ1) is 13.8. The van der Waals surface area contributed by atoms with Gasteiger partial charge in [0.2, 0.25) is 5.16 Å². The highest BCUT2D eigenvalue weighted by Gasteiger charge is 2.12. The molecule has 0 unspecified atom stereocenters. The van der Waals surface area contributed by atoms with Crippen molar-refractivity contribution in [3.05, 3.63) is 36.5 Å². The van der Waals surface area contributed by atoms with E-state index in [9.17, 15) is 0 Å². The summed E-state index contributed by atoms with van der Waals surface area (Å²) in [6.45, 7) is 0. The summed E-state index contributed by atoms with van der Waals surface area (Å²) in [5, 5.41) is 5.26. The van der Waals surface area contributed by atoms with Crippen LogP contribution in [-0.2, 0) is 0 Å². The normalized spacial score (nSPS) is 10.8. The van der Waals surface area contributed by atoms with Crippen LogP contribution in [0, 0.1) is 0 Å². The van der Waals surface area contributed by atoms with Crippen molar-refractivity contribution in [1.29, 1.82) is 0 Å². The molecule has 0 saturated carbocycles. The molecule has 0 radical (unpaired) electrons. The molecule has 0 aliphatic carbocycles. The standard InChI is InChI=1S/C15H15N3O2S/c1-19-11-5-6-12(14(8-11)20-2)13-7-4-10-9-16-15(21-3)17-18(10)13/h4-9H,1-3H3. The Morgan fingerprint density at radius 2 is 1.95 bits per heavy atom. The van der Waals surface area contributed by atoms with E-state index in [0.717, 1.165) is 33.4 Å². The number of aromatic nitrogens is 3.